The van der Waals surface area contributed by atoms with E-state index in [1.165, 1.54) is 9.20 Å². The summed E-state index contributed by atoms with van der Waals surface area (Å²) in [6.45, 7) is 2.09. The van der Waals surface area contributed by atoms with Gasteiger partial charge in [0, 0.05) is 59.9 Å². The van der Waals surface area contributed by atoms with Gasteiger partial charge in [0.25, 0.3) is 11.5 Å². The molecule has 5 aromatic heterocycles. The molecular formula is C42H37N11O4. The zero-order chi connectivity index (χ0) is 39.6. The number of nitrogens with one attached hydrogen (secondary N) is 1. The smallest absolute Gasteiger partial charge is 0.323 e. The van der Waals surface area contributed by atoms with Crippen LogP contribution in [-0.2, 0) is 29.5 Å². The number of benzene rings is 3. The van der Waals surface area contributed by atoms with E-state index in [-0.39, 0.29) is 30.1 Å². The van der Waals surface area contributed by atoms with Crippen LogP contribution in [0.3, 0.4) is 0 Å². The van der Waals surface area contributed by atoms with Crippen LogP contribution in [0.25, 0.3) is 33.0 Å². The molecule has 284 valence electrons. The maximum Gasteiger partial charge on any atom is 0.323 e. The number of pyridine rings is 1. The molecule has 5 heterocycles. The molecule has 0 spiro atoms. The van der Waals surface area contributed by atoms with Gasteiger partial charge in [0.1, 0.15) is 18.2 Å². The maximum atomic E-state index is 14.5. The third kappa shape index (κ3) is 7.20. The number of nitrogens with two attached hydrogens (primary N) is 2. The Bertz CT molecular complexity index is 2930. The topological polar surface area (TPSA) is 195 Å². The van der Waals surface area contributed by atoms with Gasteiger partial charge in [-0.25, -0.2) is 14.2 Å². The molecule has 0 aliphatic carbocycles. The molecule has 0 radical (unpaired) electrons. The van der Waals surface area contributed by atoms with E-state index >= 15 is 0 Å². The van der Waals surface area contributed by atoms with Crippen LogP contribution >= 0.6 is 0 Å². The Morgan fingerprint density at radius 2 is 1.79 bits per heavy atom. The van der Waals surface area contributed by atoms with Crippen LogP contribution in [0, 0.1) is 11.8 Å². The molecule has 15 heteroatoms. The van der Waals surface area contributed by atoms with Crippen molar-refractivity contribution in [3.63, 3.8) is 0 Å². The molecule has 0 aliphatic rings. The number of rotatable bonds is 10. The second kappa shape index (κ2) is 15.3. The number of carbonyl (C=O) groups excluding carboxylic acids is 2. The number of amides is 1. The lowest BCUT2D eigenvalue weighted by Crippen LogP contribution is -2.35. The summed E-state index contributed by atoms with van der Waals surface area (Å²) in [4.78, 5) is 45.1. The molecular weight excluding hydrogens is 723 g/mol. The second-order valence-corrected chi connectivity index (χ2v) is 13.5. The summed E-state index contributed by atoms with van der Waals surface area (Å²) < 4.78 is 12.0. The highest BCUT2D eigenvalue weighted by atomic mass is 16.5. The number of hydrogen-bond donors (Lipinski definition) is 3. The van der Waals surface area contributed by atoms with Gasteiger partial charge >= 0.3 is 5.97 Å². The van der Waals surface area contributed by atoms with Crippen molar-refractivity contribution in [1.29, 1.82) is 0 Å². The Hall–Kier alpha value is -7.57. The van der Waals surface area contributed by atoms with E-state index in [1.807, 2.05) is 90.6 Å². The lowest BCUT2D eigenvalue weighted by atomic mass is 10.0. The van der Waals surface area contributed by atoms with Crippen molar-refractivity contribution in [1.82, 2.24) is 44.0 Å². The van der Waals surface area contributed by atoms with Crippen molar-refractivity contribution in [2.45, 2.75) is 32.0 Å². The molecule has 0 fully saturated rings. The summed E-state index contributed by atoms with van der Waals surface area (Å²) in [5.41, 5.74) is 16.5. The number of ether oxygens (including phenoxy) is 1. The Kier molecular flexibility index (Phi) is 9.76. The Morgan fingerprint density at radius 3 is 2.63 bits per heavy atom. The minimum Gasteiger partial charge on any atom is -0.463 e. The fourth-order valence-corrected chi connectivity index (χ4v) is 6.96. The van der Waals surface area contributed by atoms with Crippen molar-refractivity contribution >= 4 is 45.0 Å². The van der Waals surface area contributed by atoms with Crippen molar-refractivity contribution in [3.05, 3.63) is 148 Å². The molecule has 0 unspecified atom stereocenters. The number of anilines is 1. The third-order valence-corrected chi connectivity index (χ3v) is 9.68. The molecule has 0 bridgehead atoms. The molecule has 15 nitrogen and oxygen atoms in total. The van der Waals surface area contributed by atoms with Crippen molar-refractivity contribution in [3.8, 4) is 17.5 Å². The molecule has 57 heavy (non-hydrogen) atoms. The average Bonchev–Trinajstić information content (AvgIpc) is 3.91. The lowest BCUT2D eigenvalue weighted by molar-refractivity contribution is -0.145. The minimum absolute atomic E-state index is 0.0392. The Morgan fingerprint density at radius 1 is 0.982 bits per heavy atom. The molecule has 8 aromatic rings. The first-order valence-electron chi connectivity index (χ1n) is 18.2. The number of carbonyl (C=O) groups is 2. The molecule has 3 aromatic carbocycles. The first kappa shape index (κ1) is 36.4. The molecule has 0 aliphatic heterocycles. The molecule has 1 amide bonds. The van der Waals surface area contributed by atoms with Crippen LogP contribution in [0.5, 0.6) is 0 Å². The van der Waals surface area contributed by atoms with E-state index in [4.69, 9.17) is 16.2 Å². The zero-order valence-corrected chi connectivity index (χ0v) is 31.0. The number of hydrogen-bond acceptors (Lipinski definition) is 10. The van der Waals surface area contributed by atoms with Crippen LogP contribution in [0.1, 0.15) is 45.8 Å². The number of aromatic nitrogens is 8. The number of esters is 1. The standard InChI is InChI=1S/C42H37N11O4/c1-26(46-40(54)37-38(44)48-52-19-9-18-45-39(37)52)35-23-28-11-8-10-27(36(28)41(55)53(35)31-12-4-3-5-13-31)16-17-30-25-51(49-47-30)20-21-57-42(56)33(43)22-29-24-50(2)34-15-7-6-14-32(29)34/h3-15,18-19,23-26,33H,20-22,43H2,1-2H3,(H2,44,48)(H,46,54)/t26-,33+/m0/s1. The lowest BCUT2D eigenvalue weighted by Gasteiger charge is -2.21. The summed E-state index contributed by atoms with van der Waals surface area (Å²) in [7, 11) is 1.96. The molecule has 8 rings (SSSR count). The summed E-state index contributed by atoms with van der Waals surface area (Å²) in [5, 5.41) is 17.6. The van der Waals surface area contributed by atoms with Gasteiger partial charge in [0.05, 0.1) is 24.2 Å². The highest BCUT2D eigenvalue weighted by Gasteiger charge is 2.24. The summed E-state index contributed by atoms with van der Waals surface area (Å²) in [5.74, 6) is 5.17. The summed E-state index contributed by atoms with van der Waals surface area (Å²) in [6, 6.07) is 24.6. The summed E-state index contributed by atoms with van der Waals surface area (Å²) >= 11 is 0. The van der Waals surface area contributed by atoms with Gasteiger partial charge in [0.15, 0.2) is 17.2 Å². The predicted octanol–water partition coefficient (Wildman–Crippen LogP) is 3.70. The van der Waals surface area contributed by atoms with E-state index in [1.54, 1.807) is 42.2 Å². The number of para-hydroxylation sites is 2. The first-order chi connectivity index (χ1) is 27.7. The van der Waals surface area contributed by atoms with Crippen LogP contribution in [0.2, 0.25) is 0 Å². The fraction of sp³-hybridized carbons (Fsp3) is 0.167. The number of aryl methyl sites for hydroxylation is 1. The third-order valence-electron chi connectivity index (χ3n) is 9.68. The van der Waals surface area contributed by atoms with Crippen molar-refractivity contribution in [2.24, 2.45) is 12.8 Å². The van der Waals surface area contributed by atoms with E-state index in [0.29, 0.717) is 45.5 Å². The number of fused-ring (bicyclic) bond motifs is 3. The van der Waals surface area contributed by atoms with Gasteiger partial charge in [-0.2, -0.15) is 0 Å². The van der Waals surface area contributed by atoms with Crippen LogP contribution in [0.15, 0.2) is 115 Å². The van der Waals surface area contributed by atoms with Gasteiger partial charge in [-0.05, 0) is 60.2 Å². The van der Waals surface area contributed by atoms with Gasteiger partial charge < -0.3 is 26.1 Å². The van der Waals surface area contributed by atoms with E-state index in [0.717, 1.165) is 16.5 Å². The largest absolute Gasteiger partial charge is 0.463 e. The van der Waals surface area contributed by atoms with Gasteiger partial charge in [-0.3, -0.25) is 19.0 Å². The highest BCUT2D eigenvalue weighted by molar-refractivity contribution is 6.04. The summed E-state index contributed by atoms with van der Waals surface area (Å²) in [6.07, 6.45) is 7.18. The molecule has 0 saturated carbocycles. The predicted molar refractivity (Wildman–Crippen MR) is 214 cm³/mol. The van der Waals surface area contributed by atoms with Crippen LogP contribution in [0.4, 0.5) is 5.82 Å². The Labute approximate surface area is 325 Å². The Balaban J connectivity index is 0.998. The molecule has 5 N–H and O–H groups in total. The van der Waals surface area contributed by atoms with Gasteiger partial charge in [-0.15, -0.1) is 10.2 Å². The number of nitrogen functional groups attached to an aromatic ring is 1. The fourth-order valence-electron chi connectivity index (χ4n) is 6.96. The quantitative estimate of drug-likeness (QED) is 0.137. The highest BCUT2D eigenvalue weighted by Crippen LogP contribution is 2.25. The average molecular weight is 760 g/mol. The monoisotopic (exact) mass is 759 g/mol. The van der Waals surface area contributed by atoms with Gasteiger partial charge in [-0.1, -0.05) is 59.7 Å². The van der Waals surface area contributed by atoms with Crippen LogP contribution < -0.4 is 22.3 Å². The van der Waals surface area contributed by atoms with Crippen molar-refractivity contribution < 1.29 is 14.3 Å². The van der Waals surface area contributed by atoms with Crippen molar-refractivity contribution in [2.75, 3.05) is 12.3 Å². The van der Waals surface area contributed by atoms with E-state index in [2.05, 4.69) is 37.6 Å². The SMILES string of the molecule is C[C@H](NC(=O)c1c(N)nn2cccnc12)c1cc2cccc(C#Cc3cn(CCOC(=O)[C@H](N)Cc4cn(C)c5ccccc45)nn3)c2c(=O)n1-c1ccccc1. The minimum atomic E-state index is -0.821. The second-order valence-electron chi connectivity index (χ2n) is 13.5. The normalized spacial score (nSPS) is 12.3. The molecule has 2 atom stereocenters. The zero-order valence-electron chi connectivity index (χ0n) is 31.0. The first-order valence-corrected chi connectivity index (χ1v) is 18.2. The van der Waals surface area contributed by atoms with E-state index in [9.17, 15) is 14.4 Å². The maximum absolute atomic E-state index is 14.5. The number of nitrogens with zero attached hydrogens (tertiary/aromatic N) is 8. The molecule has 0 saturated heterocycles. The van der Waals surface area contributed by atoms with Gasteiger partial charge in [0.2, 0.25) is 0 Å². The van der Waals surface area contributed by atoms with E-state index < -0.39 is 24.0 Å². The van der Waals surface area contributed by atoms with Crippen LogP contribution in [-0.4, -0.2) is 63.3 Å².